The summed E-state index contributed by atoms with van der Waals surface area (Å²) in [5.41, 5.74) is 4.52. The predicted octanol–water partition coefficient (Wildman–Crippen LogP) is 0.800. The van der Waals surface area contributed by atoms with Crippen molar-refractivity contribution in [3.05, 3.63) is 48.0 Å². The number of aromatic nitrogens is 2. The summed E-state index contributed by atoms with van der Waals surface area (Å²) >= 11 is 0. The van der Waals surface area contributed by atoms with E-state index in [2.05, 4.69) is 15.4 Å². The number of hydrogen-bond donors (Lipinski definition) is 2. The van der Waals surface area contributed by atoms with Gasteiger partial charge in [0.2, 0.25) is 0 Å². The van der Waals surface area contributed by atoms with Gasteiger partial charge in [-0.2, -0.15) is 0 Å². The quantitative estimate of drug-likeness (QED) is 0.626. The lowest BCUT2D eigenvalue weighted by atomic mass is 10.0. The Morgan fingerprint density at radius 1 is 1.16 bits per heavy atom. The van der Waals surface area contributed by atoms with Crippen LogP contribution < -0.4 is 20.7 Å². The van der Waals surface area contributed by atoms with Gasteiger partial charge < -0.3 is 9.47 Å². The minimum Gasteiger partial charge on any atom is -0.486 e. The average molecular weight is 258 g/mol. The number of ether oxygens (including phenoxy) is 2. The molecule has 0 fully saturated rings. The highest BCUT2D eigenvalue weighted by Gasteiger charge is 2.18. The second-order valence-corrected chi connectivity index (χ2v) is 4.14. The second-order valence-electron chi connectivity index (χ2n) is 4.14. The summed E-state index contributed by atoms with van der Waals surface area (Å²) in [6, 6.07) is 7.36. The molecular weight excluding hydrogens is 244 g/mol. The first kappa shape index (κ1) is 11.9. The van der Waals surface area contributed by atoms with Gasteiger partial charge in [-0.15, -0.1) is 0 Å². The van der Waals surface area contributed by atoms with Crippen molar-refractivity contribution in [1.29, 1.82) is 0 Å². The summed E-state index contributed by atoms with van der Waals surface area (Å²) in [6.07, 6.45) is 3.18. The fourth-order valence-electron chi connectivity index (χ4n) is 2.06. The molecule has 6 nitrogen and oxygen atoms in total. The lowest BCUT2D eigenvalue weighted by Gasteiger charge is -2.21. The summed E-state index contributed by atoms with van der Waals surface area (Å²) in [4.78, 5) is 8.11. The van der Waals surface area contributed by atoms with Gasteiger partial charge in [0, 0.05) is 6.20 Å². The minimum absolute atomic E-state index is 0.209. The van der Waals surface area contributed by atoms with Crippen LogP contribution in [0.3, 0.4) is 0 Å². The first-order valence-electron chi connectivity index (χ1n) is 6.00. The fraction of sp³-hybridized carbons (Fsp3) is 0.231. The van der Waals surface area contributed by atoms with Crippen molar-refractivity contribution in [3.8, 4) is 11.5 Å². The Labute approximate surface area is 110 Å². The molecule has 0 aliphatic carbocycles. The molecule has 0 radical (unpaired) electrons. The van der Waals surface area contributed by atoms with Crippen LogP contribution >= 0.6 is 0 Å². The zero-order valence-electron chi connectivity index (χ0n) is 10.2. The van der Waals surface area contributed by atoms with Crippen molar-refractivity contribution in [1.82, 2.24) is 15.4 Å². The fourth-order valence-corrected chi connectivity index (χ4v) is 2.06. The van der Waals surface area contributed by atoms with E-state index < -0.39 is 0 Å². The second kappa shape index (κ2) is 5.21. The number of nitrogens with zero attached hydrogens (tertiary/aromatic N) is 2. The third-order valence-corrected chi connectivity index (χ3v) is 2.97. The van der Waals surface area contributed by atoms with Crippen LogP contribution in [0.2, 0.25) is 0 Å². The maximum atomic E-state index is 5.63. The molecule has 0 amide bonds. The SMILES string of the molecule is NNC(c1ccc2c(c1)OCCO2)c1ccncn1. The van der Waals surface area contributed by atoms with Crippen LogP contribution in [0.25, 0.3) is 0 Å². The van der Waals surface area contributed by atoms with Crippen molar-refractivity contribution in [2.75, 3.05) is 13.2 Å². The molecule has 19 heavy (non-hydrogen) atoms. The molecule has 1 atom stereocenters. The van der Waals surface area contributed by atoms with Gasteiger partial charge in [0.25, 0.3) is 0 Å². The molecule has 0 saturated carbocycles. The van der Waals surface area contributed by atoms with E-state index >= 15 is 0 Å². The van der Waals surface area contributed by atoms with Gasteiger partial charge in [-0.05, 0) is 23.8 Å². The van der Waals surface area contributed by atoms with E-state index in [-0.39, 0.29) is 6.04 Å². The molecule has 3 rings (SSSR count). The zero-order valence-corrected chi connectivity index (χ0v) is 10.2. The van der Waals surface area contributed by atoms with Crippen molar-refractivity contribution in [3.63, 3.8) is 0 Å². The van der Waals surface area contributed by atoms with Crippen LogP contribution in [-0.2, 0) is 0 Å². The predicted molar refractivity (Wildman–Crippen MR) is 68.6 cm³/mol. The zero-order chi connectivity index (χ0) is 13.1. The Morgan fingerprint density at radius 2 is 2.00 bits per heavy atom. The van der Waals surface area contributed by atoms with Gasteiger partial charge in [0.05, 0.1) is 11.7 Å². The lowest BCUT2D eigenvalue weighted by molar-refractivity contribution is 0.171. The summed E-state index contributed by atoms with van der Waals surface area (Å²) in [5, 5.41) is 0. The van der Waals surface area contributed by atoms with Crippen LogP contribution in [0.1, 0.15) is 17.3 Å². The highest BCUT2D eigenvalue weighted by Crippen LogP contribution is 2.33. The van der Waals surface area contributed by atoms with E-state index in [1.54, 1.807) is 6.20 Å². The summed E-state index contributed by atoms with van der Waals surface area (Å²) in [5.74, 6) is 7.12. The smallest absolute Gasteiger partial charge is 0.161 e. The Bertz CT molecular complexity index is 562. The third kappa shape index (κ3) is 2.35. The number of nitrogens with one attached hydrogen (secondary N) is 1. The number of nitrogens with two attached hydrogens (primary N) is 1. The molecule has 2 heterocycles. The monoisotopic (exact) mass is 258 g/mol. The highest BCUT2D eigenvalue weighted by molar-refractivity contribution is 5.45. The molecule has 2 aromatic rings. The maximum Gasteiger partial charge on any atom is 0.161 e. The van der Waals surface area contributed by atoms with E-state index in [1.165, 1.54) is 6.33 Å². The molecule has 1 aromatic heterocycles. The maximum absolute atomic E-state index is 5.63. The van der Waals surface area contributed by atoms with Gasteiger partial charge in [-0.1, -0.05) is 6.07 Å². The molecular formula is C13H14N4O2. The van der Waals surface area contributed by atoms with Gasteiger partial charge in [-0.25, -0.2) is 15.4 Å². The number of rotatable bonds is 3. The van der Waals surface area contributed by atoms with Gasteiger partial charge in [-0.3, -0.25) is 5.84 Å². The van der Waals surface area contributed by atoms with Crippen LogP contribution in [0.15, 0.2) is 36.8 Å². The average Bonchev–Trinajstić information content (AvgIpc) is 2.49. The minimum atomic E-state index is -0.209. The van der Waals surface area contributed by atoms with E-state index in [0.29, 0.717) is 13.2 Å². The Kier molecular flexibility index (Phi) is 3.26. The molecule has 98 valence electrons. The lowest BCUT2D eigenvalue weighted by Crippen LogP contribution is -2.29. The van der Waals surface area contributed by atoms with E-state index in [4.69, 9.17) is 15.3 Å². The number of hydrazine groups is 1. The molecule has 1 unspecified atom stereocenters. The molecule has 0 bridgehead atoms. The van der Waals surface area contributed by atoms with Crippen molar-refractivity contribution < 1.29 is 9.47 Å². The third-order valence-electron chi connectivity index (χ3n) is 2.97. The Morgan fingerprint density at radius 3 is 2.74 bits per heavy atom. The van der Waals surface area contributed by atoms with Crippen LogP contribution in [0.4, 0.5) is 0 Å². The largest absolute Gasteiger partial charge is 0.486 e. The normalized spacial score (nSPS) is 15.0. The first-order valence-corrected chi connectivity index (χ1v) is 6.00. The summed E-state index contributed by atoms with van der Waals surface area (Å²) in [7, 11) is 0. The molecule has 6 heteroatoms. The molecule has 1 aliphatic rings. The molecule has 0 spiro atoms. The van der Waals surface area contributed by atoms with Crippen LogP contribution in [-0.4, -0.2) is 23.2 Å². The molecule has 0 saturated heterocycles. The van der Waals surface area contributed by atoms with Gasteiger partial charge in [0.15, 0.2) is 11.5 Å². The standard InChI is InChI=1S/C13H14N4O2/c14-17-13(10-3-4-15-8-16-10)9-1-2-11-12(7-9)19-6-5-18-11/h1-4,7-8,13,17H,5-6,14H2. The highest BCUT2D eigenvalue weighted by atomic mass is 16.6. The summed E-state index contributed by atoms with van der Waals surface area (Å²) < 4.78 is 11.1. The topological polar surface area (TPSA) is 82.3 Å². The van der Waals surface area contributed by atoms with E-state index in [0.717, 1.165) is 22.8 Å². The first-order chi connectivity index (χ1) is 9.38. The Balaban J connectivity index is 1.96. The molecule has 1 aromatic carbocycles. The van der Waals surface area contributed by atoms with Gasteiger partial charge >= 0.3 is 0 Å². The van der Waals surface area contributed by atoms with Crippen molar-refractivity contribution in [2.45, 2.75) is 6.04 Å². The van der Waals surface area contributed by atoms with Crippen LogP contribution in [0.5, 0.6) is 11.5 Å². The van der Waals surface area contributed by atoms with Crippen LogP contribution in [0, 0.1) is 0 Å². The molecule has 3 N–H and O–H groups in total. The summed E-state index contributed by atoms with van der Waals surface area (Å²) in [6.45, 7) is 1.14. The molecule has 1 aliphatic heterocycles. The van der Waals surface area contributed by atoms with E-state index in [9.17, 15) is 0 Å². The van der Waals surface area contributed by atoms with Gasteiger partial charge in [0.1, 0.15) is 19.5 Å². The number of benzene rings is 1. The van der Waals surface area contributed by atoms with Crippen molar-refractivity contribution >= 4 is 0 Å². The number of fused-ring (bicyclic) bond motifs is 1. The Hall–Kier alpha value is -2.18. The van der Waals surface area contributed by atoms with E-state index in [1.807, 2.05) is 24.3 Å². The van der Waals surface area contributed by atoms with Crippen molar-refractivity contribution in [2.24, 2.45) is 5.84 Å². The number of hydrogen-bond acceptors (Lipinski definition) is 6.